The molecule has 1 aliphatic rings. The molecule has 0 aliphatic carbocycles. The predicted octanol–water partition coefficient (Wildman–Crippen LogP) is -1.65. The number of hydrogen-bond acceptors (Lipinski definition) is 7. The third-order valence-corrected chi connectivity index (χ3v) is 4.15. The van der Waals surface area contributed by atoms with Gasteiger partial charge in [-0.2, -0.15) is 0 Å². The highest BCUT2D eigenvalue weighted by molar-refractivity contribution is 5.97. The summed E-state index contributed by atoms with van der Waals surface area (Å²) in [7, 11) is 0. The molecule has 0 aromatic heterocycles. The van der Waals surface area contributed by atoms with E-state index in [4.69, 9.17) is 9.84 Å². The first kappa shape index (κ1) is 19.3. The van der Waals surface area contributed by atoms with Crippen molar-refractivity contribution in [2.24, 2.45) is 0 Å². The number of ether oxygens (including phenoxy) is 1. The second-order valence-electron chi connectivity index (χ2n) is 5.94. The van der Waals surface area contributed by atoms with Crippen molar-refractivity contribution >= 4 is 11.9 Å². The molecule has 9 nitrogen and oxygen atoms in total. The Morgan fingerprint density at radius 2 is 1.80 bits per heavy atom. The molecule has 4 unspecified atom stereocenters. The average molecular weight is 355 g/mol. The number of benzene rings is 1. The maximum atomic E-state index is 12.3. The van der Waals surface area contributed by atoms with Crippen molar-refractivity contribution in [2.75, 3.05) is 6.61 Å². The van der Waals surface area contributed by atoms with Gasteiger partial charge in [-0.25, -0.2) is 4.79 Å². The van der Waals surface area contributed by atoms with E-state index in [1.54, 1.807) is 0 Å². The van der Waals surface area contributed by atoms with Crippen LogP contribution in [0.4, 0.5) is 0 Å². The van der Waals surface area contributed by atoms with Crippen LogP contribution in [-0.2, 0) is 4.74 Å². The molecule has 0 radical (unpaired) electrons. The number of carboxylic acids is 1. The summed E-state index contributed by atoms with van der Waals surface area (Å²) in [6.45, 7) is 0.953. The molecule has 0 spiro atoms. The summed E-state index contributed by atoms with van der Waals surface area (Å²) < 4.78 is 5.37. The molecule has 1 heterocycles. The molecule has 0 bridgehead atoms. The highest BCUT2D eigenvalue weighted by Gasteiger charge is 2.45. The van der Waals surface area contributed by atoms with Crippen molar-refractivity contribution in [1.29, 1.82) is 0 Å². The molecule has 1 fully saturated rings. The lowest BCUT2D eigenvalue weighted by Crippen LogP contribution is -2.63. The fourth-order valence-electron chi connectivity index (χ4n) is 2.71. The molecule has 1 aliphatic heterocycles. The standard InChI is InChI=1S/C16H21NO8/c1-7(14-13(21)12(20)11(19)10(6-18)25-14)17-15(22)8-3-2-4-9(5-8)16(23)24/h2-5,7,10-14,18-21H,6H2,1H3,(H,17,22)(H,23,24)/t7?,10-,11?,12?,13+,14?/m1/s1. The van der Waals surface area contributed by atoms with E-state index in [1.165, 1.54) is 31.2 Å². The van der Waals surface area contributed by atoms with Gasteiger partial charge in [-0.1, -0.05) is 6.07 Å². The summed E-state index contributed by atoms with van der Waals surface area (Å²) in [5.74, 6) is -1.76. The molecule has 25 heavy (non-hydrogen) atoms. The molecule has 1 aromatic carbocycles. The summed E-state index contributed by atoms with van der Waals surface area (Å²) in [5.41, 5.74) is 0.0597. The number of rotatable bonds is 5. The second-order valence-corrected chi connectivity index (χ2v) is 5.94. The number of carbonyl (C=O) groups is 2. The Morgan fingerprint density at radius 3 is 2.40 bits per heavy atom. The van der Waals surface area contributed by atoms with Gasteiger partial charge in [0, 0.05) is 5.56 Å². The van der Waals surface area contributed by atoms with Gasteiger partial charge in [0.15, 0.2) is 0 Å². The van der Waals surface area contributed by atoms with E-state index in [0.29, 0.717) is 0 Å². The molecule has 138 valence electrons. The number of carboxylic acid groups (broad SMARTS) is 1. The van der Waals surface area contributed by atoms with Crippen LogP contribution in [0.3, 0.4) is 0 Å². The molecular weight excluding hydrogens is 334 g/mol. The minimum atomic E-state index is -1.54. The number of aliphatic hydroxyl groups is 4. The van der Waals surface area contributed by atoms with E-state index in [0.717, 1.165) is 0 Å². The topological polar surface area (TPSA) is 157 Å². The van der Waals surface area contributed by atoms with Gasteiger partial charge in [0.2, 0.25) is 0 Å². The van der Waals surface area contributed by atoms with Crippen LogP contribution >= 0.6 is 0 Å². The van der Waals surface area contributed by atoms with Gasteiger partial charge in [-0.3, -0.25) is 4.79 Å². The van der Waals surface area contributed by atoms with Crippen molar-refractivity contribution in [1.82, 2.24) is 5.32 Å². The summed E-state index contributed by atoms with van der Waals surface area (Å²) in [6.07, 6.45) is -6.63. The van der Waals surface area contributed by atoms with Crippen LogP contribution in [-0.4, -0.2) is 80.6 Å². The van der Waals surface area contributed by atoms with Crippen molar-refractivity contribution in [3.8, 4) is 0 Å². The highest BCUT2D eigenvalue weighted by Crippen LogP contribution is 2.23. The maximum Gasteiger partial charge on any atom is 0.335 e. The number of amides is 1. The van der Waals surface area contributed by atoms with E-state index in [2.05, 4.69) is 5.32 Å². The first-order valence-corrected chi connectivity index (χ1v) is 7.71. The number of carbonyl (C=O) groups excluding carboxylic acids is 1. The average Bonchev–Trinajstić information content (AvgIpc) is 2.59. The molecule has 1 amide bonds. The van der Waals surface area contributed by atoms with Gasteiger partial charge < -0.3 is 35.6 Å². The van der Waals surface area contributed by atoms with Crippen LogP contribution in [0.15, 0.2) is 24.3 Å². The van der Waals surface area contributed by atoms with Gasteiger partial charge in [-0.05, 0) is 25.1 Å². The smallest absolute Gasteiger partial charge is 0.335 e. The van der Waals surface area contributed by atoms with Crippen molar-refractivity contribution < 1.29 is 39.9 Å². The fourth-order valence-corrected chi connectivity index (χ4v) is 2.71. The van der Waals surface area contributed by atoms with Gasteiger partial charge in [0.1, 0.15) is 30.5 Å². The van der Waals surface area contributed by atoms with E-state index in [1.807, 2.05) is 0 Å². The fraction of sp³-hybridized carbons (Fsp3) is 0.500. The third kappa shape index (κ3) is 4.14. The Bertz CT molecular complexity index is 634. The summed E-state index contributed by atoms with van der Waals surface area (Å²) >= 11 is 0. The quantitative estimate of drug-likeness (QED) is 0.367. The SMILES string of the molecule is CC(NC(=O)c1cccc(C(=O)O)c1)C1O[C@H](CO)C(O)C(O)[C@@H]1O. The van der Waals surface area contributed by atoms with Gasteiger partial charge in [0.25, 0.3) is 5.91 Å². The Balaban J connectivity index is 2.10. The number of aliphatic hydroxyl groups excluding tert-OH is 4. The number of aromatic carboxylic acids is 1. The summed E-state index contributed by atoms with van der Waals surface area (Å²) in [6, 6.07) is 4.63. The van der Waals surface area contributed by atoms with E-state index < -0.39 is 55.0 Å². The normalized spacial score (nSPS) is 30.5. The summed E-state index contributed by atoms with van der Waals surface area (Å²) in [4.78, 5) is 23.2. The van der Waals surface area contributed by atoms with Crippen LogP contribution in [0, 0.1) is 0 Å². The zero-order valence-electron chi connectivity index (χ0n) is 13.4. The number of nitrogens with one attached hydrogen (secondary N) is 1. The lowest BCUT2D eigenvalue weighted by atomic mass is 9.91. The van der Waals surface area contributed by atoms with E-state index in [-0.39, 0.29) is 11.1 Å². The monoisotopic (exact) mass is 355 g/mol. The van der Waals surface area contributed by atoms with E-state index in [9.17, 15) is 30.0 Å². The molecule has 6 atom stereocenters. The first-order chi connectivity index (χ1) is 11.8. The molecule has 6 N–H and O–H groups in total. The van der Waals surface area contributed by atoms with Crippen LogP contribution in [0.2, 0.25) is 0 Å². The molecular formula is C16H21NO8. The van der Waals surface area contributed by atoms with Crippen molar-refractivity contribution in [2.45, 2.75) is 43.5 Å². The third-order valence-electron chi connectivity index (χ3n) is 4.15. The Hall–Kier alpha value is -2.04. The van der Waals surface area contributed by atoms with Crippen LogP contribution < -0.4 is 5.32 Å². The molecule has 2 rings (SSSR count). The Labute approximate surface area is 143 Å². The molecule has 9 heteroatoms. The largest absolute Gasteiger partial charge is 0.478 e. The number of hydrogen-bond donors (Lipinski definition) is 6. The van der Waals surface area contributed by atoms with E-state index >= 15 is 0 Å². The van der Waals surface area contributed by atoms with Crippen molar-refractivity contribution in [3.05, 3.63) is 35.4 Å². The molecule has 1 aromatic rings. The highest BCUT2D eigenvalue weighted by atomic mass is 16.5. The van der Waals surface area contributed by atoms with Crippen LogP contribution in [0.5, 0.6) is 0 Å². The molecule has 0 saturated carbocycles. The Kier molecular flexibility index (Phi) is 6.09. The van der Waals surface area contributed by atoms with Crippen LogP contribution in [0.1, 0.15) is 27.6 Å². The first-order valence-electron chi connectivity index (χ1n) is 7.71. The van der Waals surface area contributed by atoms with Gasteiger partial charge in [-0.15, -0.1) is 0 Å². The van der Waals surface area contributed by atoms with Gasteiger partial charge in [0.05, 0.1) is 18.2 Å². The Morgan fingerprint density at radius 1 is 1.16 bits per heavy atom. The predicted molar refractivity (Wildman–Crippen MR) is 84.1 cm³/mol. The maximum absolute atomic E-state index is 12.3. The lowest BCUT2D eigenvalue weighted by Gasteiger charge is -2.42. The minimum absolute atomic E-state index is 0.0480. The second kappa shape index (κ2) is 7.89. The van der Waals surface area contributed by atoms with Gasteiger partial charge >= 0.3 is 5.97 Å². The summed E-state index contributed by atoms with van der Waals surface area (Å²) in [5, 5.41) is 50.3. The zero-order chi connectivity index (χ0) is 18.7. The lowest BCUT2D eigenvalue weighted by molar-refractivity contribution is -0.233. The van der Waals surface area contributed by atoms with Crippen LogP contribution in [0.25, 0.3) is 0 Å². The zero-order valence-corrected chi connectivity index (χ0v) is 13.4. The minimum Gasteiger partial charge on any atom is -0.478 e. The van der Waals surface area contributed by atoms with Crippen molar-refractivity contribution in [3.63, 3.8) is 0 Å². The molecule has 1 saturated heterocycles.